The van der Waals surface area contributed by atoms with Crippen molar-refractivity contribution in [2.45, 2.75) is 26.5 Å². The lowest BCUT2D eigenvalue weighted by atomic mass is 9.97. The van der Waals surface area contributed by atoms with Gasteiger partial charge in [0.1, 0.15) is 17.9 Å². The maximum Gasteiger partial charge on any atom is 0.295 e. The van der Waals surface area contributed by atoms with E-state index in [0.717, 1.165) is 22.3 Å². The number of carbonyl (C=O) groups excluding carboxylic acids is 1. The molecule has 1 aliphatic heterocycles. The van der Waals surface area contributed by atoms with Gasteiger partial charge in [0, 0.05) is 10.7 Å². The van der Waals surface area contributed by atoms with E-state index in [2.05, 4.69) is 0 Å². The van der Waals surface area contributed by atoms with Crippen molar-refractivity contribution in [2.75, 3.05) is 4.90 Å². The van der Waals surface area contributed by atoms with Crippen LogP contribution in [0.15, 0.2) is 100 Å². The van der Waals surface area contributed by atoms with Gasteiger partial charge in [0.25, 0.3) is 5.91 Å². The van der Waals surface area contributed by atoms with Crippen LogP contribution >= 0.6 is 11.6 Å². The first-order chi connectivity index (χ1) is 18.4. The van der Waals surface area contributed by atoms with Gasteiger partial charge in [-0.15, -0.1) is 0 Å². The van der Waals surface area contributed by atoms with Crippen LogP contribution in [0.4, 0.5) is 5.69 Å². The number of benzene rings is 4. The standard InChI is InChI=1S/C32H24ClNO4/c1-19-11-14-27-25(15-19)30(35)28-29(22-9-6-10-24(16-22)37-18-21-7-4-3-5-8-21)34(32(36)31(28)38-27)23-13-12-20(2)26(33)17-23/h3-17,29H,18H2,1-2H3. The van der Waals surface area contributed by atoms with Crippen molar-refractivity contribution in [1.29, 1.82) is 0 Å². The summed E-state index contributed by atoms with van der Waals surface area (Å²) in [5, 5.41) is 0.979. The van der Waals surface area contributed by atoms with Gasteiger partial charge in [0.05, 0.1) is 17.0 Å². The van der Waals surface area contributed by atoms with Crippen LogP contribution in [0.5, 0.6) is 5.75 Å². The first kappa shape index (κ1) is 24.0. The summed E-state index contributed by atoms with van der Waals surface area (Å²) < 4.78 is 12.2. The highest BCUT2D eigenvalue weighted by Crippen LogP contribution is 2.42. The Hall–Kier alpha value is -4.35. The fraction of sp³-hybridized carbons (Fsp3) is 0.125. The normalized spacial score (nSPS) is 14.7. The molecule has 0 saturated heterocycles. The first-order valence-corrected chi connectivity index (χ1v) is 12.7. The molecule has 1 aliphatic rings. The zero-order valence-corrected chi connectivity index (χ0v) is 21.7. The average molecular weight is 522 g/mol. The summed E-state index contributed by atoms with van der Waals surface area (Å²) in [6, 6.07) is 27.5. The summed E-state index contributed by atoms with van der Waals surface area (Å²) >= 11 is 6.46. The third kappa shape index (κ3) is 4.15. The topological polar surface area (TPSA) is 59.8 Å². The molecular formula is C32H24ClNO4. The minimum absolute atomic E-state index is 0.0451. The number of ether oxygens (including phenoxy) is 1. The number of amides is 1. The summed E-state index contributed by atoms with van der Waals surface area (Å²) in [5.74, 6) is 0.291. The molecule has 0 N–H and O–H groups in total. The molecule has 2 heterocycles. The molecule has 1 atom stereocenters. The van der Waals surface area contributed by atoms with Gasteiger partial charge in [-0.3, -0.25) is 14.5 Å². The fourth-order valence-corrected chi connectivity index (χ4v) is 5.09. The van der Waals surface area contributed by atoms with Gasteiger partial charge in [-0.25, -0.2) is 0 Å². The molecule has 38 heavy (non-hydrogen) atoms. The summed E-state index contributed by atoms with van der Waals surface area (Å²) in [7, 11) is 0. The molecule has 0 fully saturated rings. The molecule has 0 bridgehead atoms. The lowest BCUT2D eigenvalue weighted by molar-refractivity contribution is 0.0971. The second kappa shape index (κ2) is 9.51. The number of halogens is 1. The van der Waals surface area contributed by atoms with Crippen molar-refractivity contribution < 1.29 is 13.9 Å². The van der Waals surface area contributed by atoms with Gasteiger partial charge < -0.3 is 9.15 Å². The second-order valence-electron chi connectivity index (χ2n) is 9.53. The zero-order chi connectivity index (χ0) is 26.4. The van der Waals surface area contributed by atoms with Crippen LogP contribution in [-0.2, 0) is 6.61 Å². The number of rotatable bonds is 5. The predicted octanol–water partition coefficient (Wildman–Crippen LogP) is 7.39. The molecule has 6 rings (SSSR count). The summed E-state index contributed by atoms with van der Waals surface area (Å²) in [6.07, 6.45) is 0. The highest BCUT2D eigenvalue weighted by atomic mass is 35.5. The van der Waals surface area contributed by atoms with E-state index in [1.165, 1.54) is 0 Å². The SMILES string of the molecule is Cc1ccc2oc3c(c(=O)c2c1)C(c1cccc(OCc2ccccc2)c1)N(c1ccc(C)c(Cl)c1)C3=O. The van der Waals surface area contributed by atoms with E-state index in [9.17, 15) is 9.59 Å². The molecule has 0 spiro atoms. The predicted molar refractivity (Wildman–Crippen MR) is 149 cm³/mol. The van der Waals surface area contributed by atoms with Gasteiger partial charge >= 0.3 is 0 Å². The zero-order valence-electron chi connectivity index (χ0n) is 20.9. The Morgan fingerprint density at radius 2 is 1.71 bits per heavy atom. The van der Waals surface area contributed by atoms with E-state index >= 15 is 0 Å². The molecule has 4 aromatic carbocycles. The summed E-state index contributed by atoms with van der Waals surface area (Å²) in [6.45, 7) is 4.22. The average Bonchev–Trinajstić information content (AvgIpc) is 3.22. The number of anilines is 1. The van der Waals surface area contributed by atoms with E-state index in [0.29, 0.717) is 39.6 Å². The van der Waals surface area contributed by atoms with Crippen molar-refractivity contribution in [3.63, 3.8) is 0 Å². The van der Waals surface area contributed by atoms with Crippen molar-refractivity contribution >= 4 is 34.2 Å². The van der Waals surface area contributed by atoms with Crippen LogP contribution in [0.1, 0.15) is 44.4 Å². The molecular weight excluding hydrogens is 498 g/mol. The molecule has 6 heteroatoms. The maximum atomic E-state index is 13.9. The summed E-state index contributed by atoms with van der Waals surface area (Å²) in [5.41, 5.74) is 4.65. The fourth-order valence-electron chi connectivity index (χ4n) is 4.92. The monoisotopic (exact) mass is 521 g/mol. The lowest BCUT2D eigenvalue weighted by Crippen LogP contribution is -2.29. The minimum atomic E-state index is -0.710. The Kier molecular flexibility index (Phi) is 6.01. The van der Waals surface area contributed by atoms with Gasteiger partial charge in [0.2, 0.25) is 5.76 Å². The Balaban J connectivity index is 1.51. The van der Waals surface area contributed by atoms with E-state index in [-0.39, 0.29) is 17.1 Å². The van der Waals surface area contributed by atoms with Crippen LogP contribution in [0.3, 0.4) is 0 Å². The Labute approximate surface area is 224 Å². The Morgan fingerprint density at radius 1 is 0.895 bits per heavy atom. The van der Waals surface area contributed by atoms with E-state index in [4.69, 9.17) is 20.8 Å². The molecule has 1 unspecified atom stereocenters. The molecule has 1 amide bonds. The third-order valence-electron chi connectivity index (χ3n) is 6.88. The first-order valence-electron chi connectivity index (χ1n) is 12.3. The molecule has 5 aromatic rings. The molecule has 188 valence electrons. The van der Waals surface area contributed by atoms with E-state index in [1.807, 2.05) is 86.6 Å². The van der Waals surface area contributed by atoms with E-state index < -0.39 is 6.04 Å². The van der Waals surface area contributed by atoms with Crippen molar-refractivity contribution in [2.24, 2.45) is 0 Å². The molecule has 0 radical (unpaired) electrons. The quantitative estimate of drug-likeness (QED) is 0.242. The van der Waals surface area contributed by atoms with Gasteiger partial charge in [0.15, 0.2) is 5.43 Å². The lowest BCUT2D eigenvalue weighted by Gasteiger charge is -2.26. The maximum absolute atomic E-state index is 13.9. The van der Waals surface area contributed by atoms with Crippen LogP contribution in [0, 0.1) is 13.8 Å². The van der Waals surface area contributed by atoms with Crippen LogP contribution in [-0.4, -0.2) is 5.91 Å². The van der Waals surface area contributed by atoms with Crippen molar-refractivity contribution in [3.05, 3.63) is 140 Å². The number of hydrogen-bond donors (Lipinski definition) is 0. The van der Waals surface area contributed by atoms with Gasteiger partial charge in [-0.1, -0.05) is 71.8 Å². The van der Waals surface area contributed by atoms with Gasteiger partial charge in [-0.2, -0.15) is 0 Å². The van der Waals surface area contributed by atoms with Gasteiger partial charge in [-0.05, 0) is 66.9 Å². The number of carbonyl (C=O) groups is 1. The molecule has 5 nitrogen and oxygen atoms in total. The highest BCUT2D eigenvalue weighted by molar-refractivity contribution is 6.31. The van der Waals surface area contributed by atoms with Crippen molar-refractivity contribution in [3.8, 4) is 5.75 Å². The van der Waals surface area contributed by atoms with Crippen molar-refractivity contribution in [1.82, 2.24) is 0 Å². The Bertz CT molecular complexity index is 1760. The molecule has 1 aromatic heterocycles. The van der Waals surface area contributed by atoms with Crippen LogP contribution in [0.25, 0.3) is 11.0 Å². The summed E-state index contributed by atoms with van der Waals surface area (Å²) in [4.78, 5) is 29.3. The molecule has 0 aliphatic carbocycles. The molecule has 0 saturated carbocycles. The van der Waals surface area contributed by atoms with Crippen LogP contribution in [0.2, 0.25) is 5.02 Å². The largest absolute Gasteiger partial charge is 0.489 e. The number of aryl methyl sites for hydroxylation is 2. The third-order valence-corrected chi connectivity index (χ3v) is 7.29. The van der Waals surface area contributed by atoms with Crippen LogP contribution < -0.4 is 15.1 Å². The number of hydrogen-bond acceptors (Lipinski definition) is 4. The minimum Gasteiger partial charge on any atom is -0.489 e. The second-order valence-corrected chi connectivity index (χ2v) is 9.94. The van der Waals surface area contributed by atoms with E-state index in [1.54, 1.807) is 23.1 Å². The highest BCUT2D eigenvalue weighted by Gasteiger charge is 2.44. The number of fused-ring (bicyclic) bond motifs is 2. The Morgan fingerprint density at radius 3 is 2.50 bits per heavy atom. The number of nitrogens with zero attached hydrogens (tertiary/aromatic N) is 1. The smallest absolute Gasteiger partial charge is 0.295 e.